The molecule has 1 saturated heterocycles. The Kier molecular flexibility index (Phi) is 5.89. The quantitative estimate of drug-likeness (QED) is 0.768. The van der Waals surface area contributed by atoms with Crippen LogP contribution in [0.2, 0.25) is 0 Å². The maximum Gasteiger partial charge on any atom is 0.242 e. The Bertz CT molecular complexity index is 784. The molecule has 1 aliphatic heterocycles. The van der Waals surface area contributed by atoms with Crippen molar-refractivity contribution in [3.8, 4) is 0 Å². The molecule has 2 aromatic carbocycles. The number of carbonyl (C=O) groups excluding carboxylic acids is 2. The zero-order valence-electron chi connectivity index (χ0n) is 15.5. The molecule has 2 amide bonds. The minimum absolute atomic E-state index is 0.0305. The van der Waals surface area contributed by atoms with E-state index < -0.39 is 0 Å². The summed E-state index contributed by atoms with van der Waals surface area (Å²) in [7, 11) is 1.63. The van der Waals surface area contributed by atoms with Crippen molar-refractivity contribution in [2.75, 3.05) is 26.8 Å². The molecular formula is C21H26N2O3. The van der Waals surface area contributed by atoms with Crippen molar-refractivity contribution in [1.29, 1.82) is 0 Å². The minimum atomic E-state index is -0.0305. The number of hydrogen-bond acceptors (Lipinski definition) is 3. The minimum Gasteiger partial charge on any atom is -0.383 e. The molecule has 5 heteroatoms. The van der Waals surface area contributed by atoms with Crippen LogP contribution in [0.15, 0.2) is 42.5 Å². The van der Waals surface area contributed by atoms with E-state index in [4.69, 9.17) is 4.74 Å². The van der Waals surface area contributed by atoms with Gasteiger partial charge in [-0.05, 0) is 29.7 Å². The van der Waals surface area contributed by atoms with Gasteiger partial charge < -0.3 is 14.5 Å². The van der Waals surface area contributed by atoms with Crippen LogP contribution < -0.4 is 0 Å². The predicted octanol–water partition coefficient (Wildman–Crippen LogP) is 2.83. The highest BCUT2D eigenvalue weighted by Crippen LogP contribution is 2.21. The third-order valence-electron chi connectivity index (χ3n) is 5.09. The van der Waals surface area contributed by atoms with Crippen LogP contribution in [0.4, 0.5) is 0 Å². The van der Waals surface area contributed by atoms with Gasteiger partial charge in [0.05, 0.1) is 6.61 Å². The van der Waals surface area contributed by atoms with Crippen molar-refractivity contribution < 1.29 is 14.3 Å². The van der Waals surface area contributed by atoms with E-state index in [9.17, 15) is 9.59 Å². The number of ether oxygens (including phenoxy) is 1. The number of nitrogens with zero attached hydrogens (tertiary/aromatic N) is 2. The smallest absolute Gasteiger partial charge is 0.242 e. The van der Waals surface area contributed by atoms with Crippen LogP contribution in [-0.2, 0) is 20.9 Å². The summed E-state index contributed by atoms with van der Waals surface area (Å²) in [6, 6.07) is 14.5. The Hall–Kier alpha value is -2.40. The Labute approximate surface area is 154 Å². The van der Waals surface area contributed by atoms with Gasteiger partial charge in [-0.1, -0.05) is 42.5 Å². The van der Waals surface area contributed by atoms with E-state index >= 15 is 0 Å². The molecular weight excluding hydrogens is 328 g/mol. The summed E-state index contributed by atoms with van der Waals surface area (Å²) in [6.45, 7) is 3.64. The van der Waals surface area contributed by atoms with Crippen molar-refractivity contribution in [2.24, 2.45) is 0 Å². The van der Waals surface area contributed by atoms with Crippen LogP contribution >= 0.6 is 0 Å². The summed E-state index contributed by atoms with van der Waals surface area (Å²) in [5.41, 5.74) is 1.10. The Morgan fingerprint density at radius 2 is 2.00 bits per heavy atom. The standard InChI is InChI=1S/C21H26N2O3/c1-16-10-11-20(24)23(16)15-21(25)22(12-13-26-2)14-18-8-5-7-17-6-3-4-9-19(17)18/h3-9,16H,10-15H2,1-2H3/t16-/m0/s1. The van der Waals surface area contributed by atoms with Crippen LogP contribution in [-0.4, -0.2) is 54.5 Å². The zero-order valence-corrected chi connectivity index (χ0v) is 15.5. The lowest BCUT2D eigenvalue weighted by Crippen LogP contribution is -2.44. The monoisotopic (exact) mass is 354 g/mol. The zero-order chi connectivity index (χ0) is 18.5. The first-order chi connectivity index (χ1) is 12.6. The fourth-order valence-electron chi connectivity index (χ4n) is 3.50. The Balaban J connectivity index is 1.79. The molecule has 0 aliphatic carbocycles. The molecule has 0 radical (unpaired) electrons. The van der Waals surface area contributed by atoms with Gasteiger partial charge in [0.2, 0.25) is 11.8 Å². The molecule has 138 valence electrons. The van der Waals surface area contributed by atoms with Crippen LogP contribution in [0, 0.1) is 0 Å². The molecule has 0 unspecified atom stereocenters. The van der Waals surface area contributed by atoms with Crippen molar-refractivity contribution >= 4 is 22.6 Å². The average Bonchev–Trinajstić information content (AvgIpc) is 2.97. The van der Waals surface area contributed by atoms with E-state index in [1.54, 1.807) is 16.9 Å². The number of methoxy groups -OCH3 is 1. The number of carbonyl (C=O) groups is 2. The third kappa shape index (κ3) is 4.05. The van der Waals surface area contributed by atoms with Gasteiger partial charge in [-0.25, -0.2) is 0 Å². The van der Waals surface area contributed by atoms with Gasteiger partial charge >= 0.3 is 0 Å². The Morgan fingerprint density at radius 3 is 2.73 bits per heavy atom. The Morgan fingerprint density at radius 1 is 1.23 bits per heavy atom. The van der Waals surface area contributed by atoms with Crippen LogP contribution in [0.1, 0.15) is 25.3 Å². The van der Waals surface area contributed by atoms with Crippen LogP contribution in [0.25, 0.3) is 10.8 Å². The van der Waals surface area contributed by atoms with E-state index in [2.05, 4.69) is 24.3 Å². The van der Waals surface area contributed by atoms with Crippen LogP contribution in [0.3, 0.4) is 0 Å². The lowest BCUT2D eigenvalue weighted by atomic mass is 10.0. The fraction of sp³-hybridized carbons (Fsp3) is 0.429. The van der Waals surface area contributed by atoms with E-state index in [0.717, 1.165) is 22.8 Å². The third-order valence-corrected chi connectivity index (χ3v) is 5.09. The van der Waals surface area contributed by atoms with E-state index in [0.29, 0.717) is 26.1 Å². The SMILES string of the molecule is COCCN(Cc1cccc2ccccc12)C(=O)CN1C(=O)CC[C@@H]1C. The normalized spacial score (nSPS) is 17.1. The molecule has 3 rings (SSSR count). The molecule has 0 bridgehead atoms. The molecule has 0 saturated carbocycles. The number of benzene rings is 2. The highest BCUT2D eigenvalue weighted by Gasteiger charge is 2.30. The fourth-order valence-corrected chi connectivity index (χ4v) is 3.50. The number of hydrogen-bond donors (Lipinski definition) is 0. The highest BCUT2D eigenvalue weighted by molar-refractivity contribution is 5.88. The second-order valence-corrected chi connectivity index (χ2v) is 6.86. The van der Waals surface area contributed by atoms with E-state index in [1.807, 2.05) is 25.1 Å². The van der Waals surface area contributed by atoms with Gasteiger partial charge in [-0.2, -0.15) is 0 Å². The molecule has 1 fully saturated rings. The summed E-state index contributed by atoms with van der Waals surface area (Å²) in [4.78, 5) is 28.4. The molecule has 0 N–H and O–H groups in total. The molecule has 5 nitrogen and oxygen atoms in total. The summed E-state index contributed by atoms with van der Waals surface area (Å²) < 4.78 is 5.19. The molecule has 1 heterocycles. The van der Waals surface area contributed by atoms with Gasteiger partial charge in [-0.3, -0.25) is 9.59 Å². The van der Waals surface area contributed by atoms with Crippen molar-refractivity contribution in [2.45, 2.75) is 32.4 Å². The predicted molar refractivity (Wildman–Crippen MR) is 102 cm³/mol. The van der Waals surface area contributed by atoms with Crippen molar-refractivity contribution in [3.63, 3.8) is 0 Å². The first-order valence-electron chi connectivity index (χ1n) is 9.13. The number of likely N-dealkylation sites (tertiary alicyclic amines) is 1. The first kappa shape index (κ1) is 18.4. The van der Waals surface area contributed by atoms with E-state index in [-0.39, 0.29) is 24.4 Å². The van der Waals surface area contributed by atoms with Crippen molar-refractivity contribution in [3.05, 3.63) is 48.0 Å². The topological polar surface area (TPSA) is 49.9 Å². The molecule has 2 aromatic rings. The first-order valence-corrected chi connectivity index (χ1v) is 9.13. The molecule has 26 heavy (non-hydrogen) atoms. The second-order valence-electron chi connectivity index (χ2n) is 6.86. The van der Waals surface area contributed by atoms with Crippen molar-refractivity contribution in [1.82, 2.24) is 9.80 Å². The summed E-state index contributed by atoms with van der Waals surface area (Å²) in [5, 5.41) is 2.31. The van der Waals surface area contributed by atoms with Gasteiger partial charge in [0.1, 0.15) is 6.54 Å². The summed E-state index contributed by atoms with van der Waals surface area (Å²) >= 11 is 0. The van der Waals surface area contributed by atoms with Gasteiger partial charge in [-0.15, -0.1) is 0 Å². The second kappa shape index (κ2) is 8.32. The molecule has 0 spiro atoms. The van der Waals surface area contributed by atoms with Gasteiger partial charge in [0.15, 0.2) is 0 Å². The number of rotatable bonds is 7. The maximum absolute atomic E-state index is 12.9. The van der Waals surface area contributed by atoms with Crippen LogP contribution in [0.5, 0.6) is 0 Å². The molecule has 1 aliphatic rings. The summed E-state index contributed by atoms with van der Waals surface area (Å²) in [5.74, 6) is 0.0415. The van der Waals surface area contributed by atoms with E-state index in [1.165, 1.54) is 0 Å². The largest absolute Gasteiger partial charge is 0.383 e. The number of fused-ring (bicyclic) bond motifs is 1. The average molecular weight is 354 g/mol. The lowest BCUT2D eigenvalue weighted by Gasteiger charge is -2.27. The van der Waals surface area contributed by atoms with Gasteiger partial charge in [0.25, 0.3) is 0 Å². The van der Waals surface area contributed by atoms with Gasteiger partial charge in [0, 0.05) is 32.7 Å². The molecule has 0 aromatic heterocycles. The summed E-state index contributed by atoms with van der Waals surface area (Å²) in [6.07, 6.45) is 1.36. The highest BCUT2D eigenvalue weighted by atomic mass is 16.5. The number of amides is 2. The lowest BCUT2D eigenvalue weighted by molar-refractivity contribution is -0.140. The molecule has 1 atom stereocenters. The maximum atomic E-state index is 12.9.